The van der Waals surface area contributed by atoms with Gasteiger partial charge in [0.25, 0.3) is 0 Å². The second-order valence-electron chi connectivity index (χ2n) is 5.98. The summed E-state index contributed by atoms with van der Waals surface area (Å²) in [6.07, 6.45) is 3.44. The van der Waals surface area contributed by atoms with Crippen LogP contribution in [-0.4, -0.2) is 23.7 Å². The minimum Gasteiger partial charge on any atom is -0.507 e. The minimum atomic E-state index is 0.376. The van der Waals surface area contributed by atoms with Gasteiger partial charge >= 0.3 is 0 Å². The maximum Gasteiger partial charge on any atom is 0.127 e. The molecule has 3 heteroatoms. The molecule has 0 saturated heterocycles. The van der Waals surface area contributed by atoms with Gasteiger partial charge in [0, 0.05) is 30.8 Å². The molecule has 0 fully saturated rings. The van der Waals surface area contributed by atoms with Crippen LogP contribution in [0.25, 0.3) is 0 Å². The van der Waals surface area contributed by atoms with Gasteiger partial charge in [0.1, 0.15) is 11.5 Å². The largest absolute Gasteiger partial charge is 0.507 e. The molecule has 0 radical (unpaired) electrons. The summed E-state index contributed by atoms with van der Waals surface area (Å²) >= 11 is 0. The Morgan fingerprint density at radius 1 is 1.26 bits per heavy atom. The Labute approximate surface area is 137 Å². The first-order valence-electron chi connectivity index (χ1n) is 8.00. The molecule has 2 aromatic rings. The van der Waals surface area contributed by atoms with Crippen LogP contribution in [0.4, 0.5) is 0 Å². The van der Waals surface area contributed by atoms with E-state index >= 15 is 0 Å². The first kappa shape index (κ1) is 15.6. The third-order valence-electron chi connectivity index (χ3n) is 4.47. The van der Waals surface area contributed by atoms with Crippen LogP contribution in [0.2, 0.25) is 0 Å². The molecule has 3 nitrogen and oxygen atoms in total. The molecule has 0 aromatic heterocycles. The van der Waals surface area contributed by atoms with Crippen LogP contribution in [0.3, 0.4) is 0 Å². The van der Waals surface area contributed by atoms with Gasteiger partial charge in [-0.05, 0) is 30.0 Å². The van der Waals surface area contributed by atoms with Gasteiger partial charge in [0.15, 0.2) is 0 Å². The van der Waals surface area contributed by atoms with Gasteiger partial charge < -0.3 is 9.84 Å². The van der Waals surface area contributed by atoms with Gasteiger partial charge in [-0.15, -0.1) is 6.58 Å². The maximum atomic E-state index is 10.6. The van der Waals surface area contributed by atoms with Crippen molar-refractivity contribution in [3.8, 4) is 11.5 Å². The topological polar surface area (TPSA) is 32.7 Å². The Morgan fingerprint density at radius 3 is 2.74 bits per heavy atom. The van der Waals surface area contributed by atoms with Gasteiger partial charge in [-0.1, -0.05) is 36.4 Å². The summed E-state index contributed by atoms with van der Waals surface area (Å²) in [6, 6.07) is 12.6. The summed E-state index contributed by atoms with van der Waals surface area (Å²) in [5.41, 5.74) is 4.39. The molecule has 23 heavy (non-hydrogen) atoms. The van der Waals surface area contributed by atoms with Crippen molar-refractivity contribution in [3.63, 3.8) is 0 Å². The van der Waals surface area contributed by atoms with E-state index in [0.717, 1.165) is 42.9 Å². The molecular formula is C20H23NO2. The molecule has 0 unspecified atom stereocenters. The zero-order valence-electron chi connectivity index (χ0n) is 13.6. The predicted molar refractivity (Wildman–Crippen MR) is 92.8 cm³/mol. The van der Waals surface area contributed by atoms with E-state index in [2.05, 4.69) is 41.8 Å². The van der Waals surface area contributed by atoms with Crippen LogP contribution < -0.4 is 4.74 Å². The second-order valence-corrected chi connectivity index (χ2v) is 5.98. The third kappa shape index (κ3) is 3.25. The molecule has 1 aliphatic rings. The Morgan fingerprint density at radius 2 is 2.04 bits per heavy atom. The van der Waals surface area contributed by atoms with E-state index < -0.39 is 0 Å². The number of nitrogens with zero attached hydrogens (tertiary/aromatic N) is 1. The third-order valence-corrected chi connectivity index (χ3v) is 4.47. The summed E-state index contributed by atoms with van der Waals surface area (Å²) < 4.78 is 5.44. The quantitative estimate of drug-likeness (QED) is 0.826. The lowest BCUT2D eigenvalue weighted by molar-refractivity contribution is 0.286. The Kier molecular flexibility index (Phi) is 4.68. The standard InChI is InChI=1S/C20H23NO2/c1-3-7-17-19(23-2)12-16-13-21(14-18(16)20(17)22)11-10-15-8-5-4-6-9-15/h3-6,8-9,12,22H,1,7,10-11,13-14H2,2H3. The normalized spacial score (nSPS) is 13.8. The molecule has 0 spiro atoms. The molecule has 0 aliphatic carbocycles. The Hall–Kier alpha value is -2.26. The number of hydrogen-bond donors (Lipinski definition) is 1. The van der Waals surface area contributed by atoms with Gasteiger partial charge in [0.05, 0.1) is 7.11 Å². The minimum absolute atomic E-state index is 0.376. The number of allylic oxidation sites excluding steroid dienone is 1. The van der Waals surface area contributed by atoms with E-state index in [1.807, 2.05) is 6.07 Å². The lowest BCUT2D eigenvalue weighted by atomic mass is 10.0. The number of ether oxygens (including phenoxy) is 1. The molecule has 3 rings (SSSR count). The Balaban J connectivity index is 1.75. The molecule has 0 bridgehead atoms. The van der Waals surface area contributed by atoms with E-state index in [-0.39, 0.29) is 0 Å². The van der Waals surface area contributed by atoms with Gasteiger partial charge in [-0.25, -0.2) is 0 Å². The molecule has 1 N–H and O–H groups in total. The van der Waals surface area contributed by atoms with Crippen LogP contribution in [0.15, 0.2) is 49.1 Å². The number of hydrogen-bond acceptors (Lipinski definition) is 3. The first-order valence-corrected chi connectivity index (χ1v) is 8.00. The number of benzene rings is 2. The first-order chi connectivity index (χ1) is 11.2. The van der Waals surface area contributed by atoms with E-state index in [4.69, 9.17) is 4.74 Å². The van der Waals surface area contributed by atoms with Crippen molar-refractivity contribution >= 4 is 0 Å². The number of phenols is 1. The highest BCUT2D eigenvalue weighted by atomic mass is 16.5. The smallest absolute Gasteiger partial charge is 0.127 e. The van der Waals surface area contributed by atoms with Crippen molar-refractivity contribution in [2.75, 3.05) is 13.7 Å². The fraction of sp³-hybridized carbons (Fsp3) is 0.300. The van der Waals surface area contributed by atoms with Gasteiger partial charge in [0.2, 0.25) is 0 Å². The fourth-order valence-corrected chi connectivity index (χ4v) is 3.24. The van der Waals surface area contributed by atoms with E-state index in [1.165, 1.54) is 11.1 Å². The molecule has 2 aromatic carbocycles. The average Bonchev–Trinajstić information content (AvgIpc) is 3.00. The summed E-state index contributed by atoms with van der Waals surface area (Å²) in [5, 5.41) is 10.6. The average molecular weight is 309 g/mol. The lowest BCUT2D eigenvalue weighted by Gasteiger charge is -2.14. The molecule has 0 saturated carbocycles. The van der Waals surface area contributed by atoms with Gasteiger partial charge in [-0.3, -0.25) is 4.90 Å². The molecule has 1 aliphatic heterocycles. The van der Waals surface area contributed by atoms with Crippen molar-refractivity contribution in [2.24, 2.45) is 0 Å². The second kappa shape index (κ2) is 6.88. The van der Waals surface area contributed by atoms with Crippen LogP contribution in [0, 0.1) is 0 Å². The zero-order chi connectivity index (χ0) is 16.2. The van der Waals surface area contributed by atoms with E-state index in [9.17, 15) is 5.11 Å². The van der Waals surface area contributed by atoms with Crippen LogP contribution in [-0.2, 0) is 25.9 Å². The summed E-state index contributed by atoms with van der Waals surface area (Å²) in [6.45, 7) is 6.41. The summed E-state index contributed by atoms with van der Waals surface area (Å²) in [5.74, 6) is 1.13. The number of methoxy groups -OCH3 is 1. The summed E-state index contributed by atoms with van der Waals surface area (Å²) in [7, 11) is 1.65. The molecular weight excluding hydrogens is 286 g/mol. The number of fused-ring (bicyclic) bond motifs is 1. The van der Waals surface area contributed by atoms with Crippen LogP contribution in [0.5, 0.6) is 11.5 Å². The molecule has 1 heterocycles. The molecule has 0 atom stereocenters. The van der Waals surface area contributed by atoms with E-state index in [1.54, 1.807) is 13.2 Å². The SMILES string of the molecule is C=CCc1c(OC)cc2c(c1O)CN(CCc1ccccc1)C2. The lowest BCUT2D eigenvalue weighted by Crippen LogP contribution is -2.19. The van der Waals surface area contributed by atoms with Crippen molar-refractivity contribution in [2.45, 2.75) is 25.9 Å². The maximum absolute atomic E-state index is 10.6. The molecule has 0 amide bonds. The molecule has 120 valence electrons. The number of phenolic OH excluding ortho intramolecular Hbond substituents is 1. The van der Waals surface area contributed by atoms with Gasteiger partial charge in [-0.2, -0.15) is 0 Å². The van der Waals surface area contributed by atoms with E-state index in [0.29, 0.717) is 12.2 Å². The predicted octanol–water partition coefficient (Wildman–Crippen LogP) is 3.69. The highest BCUT2D eigenvalue weighted by molar-refractivity contribution is 5.55. The summed E-state index contributed by atoms with van der Waals surface area (Å²) in [4.78, 5) is 2.37. The zero-order valence-corrected chi connectivity index (χ0v) is 13.6. The van der Waals surface area contributed by atoms with Crippen molar-refractivity contribution in [1.29, 1.82) is 0 Å². The fourth-order valence-electron chi connectivity index (χ4n) is 3.24. The van der Waals surface area contributed by atoms with Crippen LogP contribution in [0.1, 0.15) is 22.3 Å². The highest BCUT2D eigenvalue weighted by Gasteiger charge is 2.25. The van der Waals surface area contributed by atoms with Crippen molar-refractivity contribution in [3.05, 3.63) is 71.3 Å². The number of rotatable bonds is 6. The highest BCUT2D eigenvalue weighted by Crippen LogP contribution is 2.39. The van der Waals surface area contributed by atoms with Crippen LogP contribution >= 0.6 is 0 Å². The monoisotopic (exact) mass is 309 g/mol. The number of aromatic hydroxyl groups is 1. The van der Waals surface area contributed by atoms with Crippen molar-refractivity contribution in [1.82, 2.24) is 4.90 Å². The Bertz CT molecular complexity index is 695. The van der Waals surface area contributed by atoms with Crippen molar-refractivity contribution < 1.29 is 9.84 Å².